The van der Waals surface area contributed by atoms with Crippen LogP contribution in [0.1, 0.15) is 5.56 Å². The van der Waals surface area contributed by atoms with Gasteiger partial charge in [-0.25, -0.2) is 8.42 Å². The number of rotatable bonds is 5. The third-order valence-corrected chi connectivity index (χ3v) is 6.48. The van der Waals surface area contributed by atoms with E-state index in [2.05, 4.69) is 16.7 Å². The van der Waals surface area contributed by atoms with E-state index < -0.39 is 21.9 Å². The molecule has 1 aliphatic rings. The molecule has 1 unspecified atom stereocenters. The van der Waals surface area contributed by atoms with Crippen molar-refractivity contribution in [2.75, 3.05) is 43.9 Å². The van der Waals surface area contributed by atoms with Crippen LogP contribution in [0.3, 0.4) is 0 Å². The van der Waals surface area contributed by atoms with Gasteiger partial charge in [0.05, 0.1) is 7.11 Å². The first-order valence-corrected chi connectivity index (χ1v) is 10.7. The number of methoxy groups -OCH3 is 1. The van der Waals surface area contributed by atoms with Gasteiger partial charge in [-0.2, -0.15) is 4.31 Å². The maximum atomic E-state index is 12.6. The molecule has 0 aliphatic carbocycles. The molecule has 1 atom stereocenters. The van der Waals surface area contributed by atoms with Crippen LogP contribution in [0.15, 0.2) is 54.6 Å². The van der Waals surface area contributed by atoms with Crippen molar-refractivity contribution in [3.8, 4) is 17.6 Å². The largest absolute Gasteiger partial charge is 0.497 e. The van der Waals surface area contributed by atoms with E-state index in [0.29, 0.717) is 26.2 Å². The molecule has 1 heterocycles. The van der Waals surface area contributed by atoms with Gasteiger partial charge in [0.2, 0.25) is 10.0 Å². The summed E-state index contributed by atoms with van der Waals surface area (Å²) in [6.07, 6.45) is -1.22. The molecule has 0 bridgehead atoms. The van der Waals surface area contributed by atoms with Crippen LogP contribution < -0.4 is 9.64 Å². The molecule has 0 aromatic heterocycles. The fourth-order valence-electron chi connectivity index (χ4n) is 3.05. The Bertz CT molecular complexity index is 926. The van der Waals surface area contributed by atoms with E-state index in [0.717, 1.165) is 17.0 Å². The van der Waals surface area contributed by atoms with Crippen molar-refractivity contribution in [1.82, 2.24) is 4.31 Å². The summed E-state index contributed by atoms with van der Waals surface area (Å²) in [4.78, 5) is 2.14. The van der Waals surface area contributed by atoms with Crippen molar-refractivity contribution in [2.45, 2.75) is 6.10 Å². The lowest BCUT2D eigenvalue weighted by Crippen LogP contribution is -2.50. The maximum Gasteiger partial charge on any atom is 0.217 e. The van der Waals surface area contributed by atoms with Gasteiger partial charge in [-0.3, -0.25) is 0 Å². The number of benzene rings is 2. The lowest BCUT2D eigenvalue weighted by atomic mass is 10.2. The summed E-state index contributed by atoms with van der Waals surface area (Å²) < 4.78 is 31.8. The van der Waals surface area contributed by atoms with Gasteiger partial charge < -0.3 is 14.7 Å². The summed E-state index contributed by atoms with van der Waals surface area (Å²) in [5.41, 5.74) is 1.78. The van der Waals surface area contributed by atoms with Gasteiger partial charge in [-0.05, 0) is 36.4 Å². The Morgan fingerprint density at radius 1 is 1.04 bits per heavy atom. The van der Waals surface area contributed by atoms with Gasteiger partial charge >= 0.3 is 0 Å². The van der Waals surface area contributed by atoms with Crippen LogP contribution in [0.5, 0.6) is 5.75 Å². The standard InChI is InChI=1S/C21H24N2O4S/c1-27-21-11-8-19(9-12-21)22-13-15-23(16-14-22)28(25,26)17-20(24)10-7-18-5-3-2-4-6-18/h2-6,8-9,11-12,20,24H,13-17H2,1H3. The van der Waals surface area contributed by atoms with Crippen LogP contribution in [0.4, 0.5) is 5.69 Å². The van der Waals surface area contributed by atoms with Crippen molar-refractivity contribution in [2.24, 2.45) is 0 Å². The molecule has 1 saturated heterocycles. The van der Waals surface area contributed by atoms with E-state index in [1.54, 1.807) is 7.11 Å². The third kappa shape index (κ3) is 5.26. The van der Waals surface area contributed by atoms with Crippen molar-refractivity contribution in [1.29, 1.82) is 0 Å². The molecular weight excluding hydrogens is 376 g/mol. The Hall–Kier alpha value is -2.53. The molecular formula is C21H24N2O4S. The van der Waals surface area contributed by atoms with Gasteiger partial charge in [0, 0.05) is 37.4 Å². The molecule has 1 N–H and O–H groups in total. The van der Waals surface area contributed by atoms with Gasteiger partial charge in [0.25, 0.3) is 0 Å². The lowest BCUT2D eigenvalue weighted by Gasteiger charge is -2.35. The predicted molar refractivity (Wildman–Crippen MR) is 110 cm³/mol. The maximum absolute atomic E-state index is 12.6. The van der Waals surface area contributed by atoms with Gasteiger partial charge in [0.1, 0.15) is 17.6 Å². The average molecular weight is 401 g/mol. The molecule has 1 fully saturated rings. The highest BCUT2D eigenvalue weighted by Crippen LogP contribution is 2.21. The number of anilines is 1. The Morgan fingerprint density at radius 2 is 1.68 bits per heavy atom. The second-order valence-electron chi connectivity index (χ2n) is 6.51. The summed E-state index contributed by atoms with van der Waals surface area (Å²) in [6, 6.07) is 16.9. The van der Waals surface area contributed by atoms with E-state index in [9.17, 15) is 13.5 Å². The minimum Gasteiger partial charge on any atom is -0.497 e. The summed E-state index contributed by atoms with van der Waals surface area (Å²) in [5, 5.41) is 10.1. The quantitative estimate of drug-likeness (QED) is 0.772. The summed E-state index contributed by atoms with van der Waals surface area (Å²) in [5.74, 6) is 5.82. The first-order valence-electron chi connectivity index (χ1n) is 9.09. The molecule has 3 rings (SSSR count). The minimum atomic E-state index is -3.57. The zero-order chi connectivity index (χ0) is 20.0. The van der Waals surface area contributed by atoms with Gasteiger partial charge in [-0.1, -0.05) is 30.0 Å². The SMILES string of the molecule is COc1ccc(N2CCN(S(=O)(=O)CC(O)C#Cc3ccccc3)CC2)cc1. The number of aliphatic hydroxyl groups is 1. The Morgan fingerprint density at radius 3 is 2.29 bits per heavy atom. The molecule has 2 aromatic rings. The van der Waals surface area contributed by atoms with Crippen molar-refractivity contribution in [3.05, 3.63) is 60.2 Å². The number of hydrogen-bond donors (Lipinski definition) is 1. The van der Waals surface area contributed by atoms with E-state index in [1.807, 2.05) is 54.6 Å². The molecule has 0 spiro atoms. The zero-order valence-electron chi connectivity index (χ0n) is 15.8. The van der Waals surface area contributed by atoms with E-state index in [4.69, 9.17) is 4.74 Å². The minimum absolute atomic E-state index is 0.382. The molecule has 148 valence electrons. The molecule has 6 nitrogen and oxygen atoms in total. The fourth-order valence-corrected chi connectivity index (χ4v) is 4.47. The molecule has 28 heavy (non-hydrogen) atoms. The summed E-state index contributed by atoms with van der Waals surface area (Å²) in [7, 11) is -1.95. The third-order valence-electron chi connectivity index (χ3n) is 4.59. The molecule has 0 radical (unpaired) electrons. The van der Waals surface area contributed by atoms with Gasteiger partial charge in [0.15, 0.2) is 0 Å². The monoisotopic (exact) mass is 400 g/mol. The first kappa shape index (κ1) is 20.2. The van der Waals surface area contributed by atoms with E-state index in [-0.39, 0.29) is 0 Å². The summed E-state index contributed by atoms with van der Waals surface area (Å²) >= 11 is 0. The van der Waals surface area contributed by atoms with Crippen molar-refractivity contribution >= 4 is 15.7 Å². The van der Waals surface area contributed by atoms with Crippen LogP contribution in [0.25, 0.3) is 0 Å². The van der Waals surface area contributed by atoms with Crippen LogP contribution in [-0.4, -0.2) is 63.0 Å². The molecule has 2 aromatic carbocycles. The zero-order valence-corrected chi connectivity index (χ0v) is 16.6. The van der Waals surface area contributed by atoms with Crippen LogP contribution in [0.2, 0.25) is 0 Å². The smallest absolute Gasteiger partial charge is 0.217 e. The molecule has 0 amide bonds. The Kier molecular flexibility index (Phi) is 6.57. The Labute approximate surface area is 166 Å². The number of nitrogens with zero attached hydrogens (tertiary/aromatic N) is 2. The first-order chi connectivity index (χ1) is 13.5. The van der Waals surface area contributed by atoms with Crippen LogP contribution >= 0.6 is 0 Å². The predicted octanol–water partition coefficient (Wildman–Crippen LogP) is 1.56. The molecule has 0 saturated carbocycles. The highest BCUT2D eigenvalue weighted by Gasteiger charge is 2.28. The number of aliphatic hydroxyl groups excluding tert-OH is 1. The van der Waals surface area contributed by atoms with Crippen molar-refractivity contribution in [3.63, 3.8) is 0 Å². The topological polar surface area (TPSA) is 70.1 Å². The van der Waals surface area contributed by atoms with Crippen molar-refractivity contribution < 1.29 is 18.3 Å². The normalized spacial score (nSPS) is 16.1. The number of hydrogen-bond acceptors (Lipinski definition) is 5. The second-order valence-corrected chi connectivity index (χ2v) is 8.53. The number of piperazine rings is 1. The Balaban J connectivity index is 1.56. The number of ether oxygens (including phenoxy) is 1. The van der Waals surface area contributed by atoms with E-state index >= 15 is 0 Å². The lowest BCUT2D eigenvalue weighted by molar-refractivity contribution is 0.251. The molecule has 7 heteroatoms. The van der Waals surface area contributed by atoms with Gasteiger partial charge in [-0.15, -0.1) is 0 Å². The van der Waals surface area contributed by atoms with Crippen LogP contribution in [-0.2, 0) is 10.0 Å². The van der Waals surface area contributed by atoms with Crippen LogP contribution in [0, 0.1) is 11.8 Å². The second kappa shape index (κ2) is 9.11. The van der Waals surface area contributed by atoms with E-state index in [1.165, 1.54) is 4.31 Å². The average Bonchev–Trinajstić information content (AvgIpc) is 2.73. The fraction of sp³-hybridized carbons (Fsp3) is 0.333. The number of sulfonamides is 1. The highest BCUT2D eigenvalue weighted by molar-refractivity contribution is 7.89. The summed E-state index contributed by atoms with van der Waals surface area (Å²) in [6.45, 7) is 1.95. The molecule has 1 aliphatic heterocycles. The highest BCUT2D eigenvalue weighted by atomic mass is 32.2.